The number of carbonyl (C=O) groups excluding carboxylic acids is 2. The molecule has 1 atom stereocenters. The number of benzene rings is 2. The average molecular weight is 441 g/mol. The molecule has 1 fully saturated rings. The van der Waals surface area contributed by atoms with Gasteiger partial charge in [-0.1, -0.05) is 11.6 Å². The molecule has 4 rings (SSSR count). The summed E-state index contributed by atoms with van der Waals surface area (Å²) in [5.74, 6) is 0.415. The lowest BCUT2D eigenvalue weighted by molar-refractivity contribution is 0.0787. The van der Waals surface area contributed by atoms with Crippen LogP contribution < -0.4 is 5.32 Å². The standard InChI is InChI=1S/C23H25ClN4O3/c1-14-11-15(5-7-17(14)23(30)28-9-3-4-10-28)22(29)25-13-20(31-2)21-26-18-8-6-16(24)12-19(18)27-21/h5-8,11-12,20H,3-4,9-10,13H2,1-2H3,(H,25,29)(H,26,27). The molecule has 31 heavy (non-hydrogen) atoms. The van der Waals surface area contributed by atoms with Crippen molar-refractivity contribution in [2.45, 2.75) is 25.9 Å². The smallest absolute Gasteiger partial charge is 0.254 e. The van der Waals surface area contributed by atoms with Crippen LogP contribution in [0.25, 0.3) is 11.0 Å². The molecular weight excluding hydrogens is 416 g/mol. The van der Waals surface area contributed by atoms with Gasteiger partial charge in [0.25, 0.3) is 11.8 Å². The third-order valence-corrected chi connectivity index (χ3v) is 5.85. The Hall–Kier alpha value is -2.90. The molecule has 1 aromatic heterocycles. The van der Waals surface area contributed by atoms with E-state index in [0.29, 0.717) is 22.0 Å². The minimum atomic E-state index is -0.438. The summed E-state index contributed by atoms with van der Waals surface area (Å²) in [6, 6.07) is 10.6. The highest BCUT2D eigenvalue weighted by Gasteiger charge is 2.22. The van der Waals surface area contributed by atoms with Crippen molar-refractivity contribution in [2.24, 2.45) is 0 Å². The van der Waals surface area contributed by atoms with Gasteiger partial charge >= 0.3 is 0 Å². The fraction of sp³-hybridized carbons (Fsp3) is 0.348. The number of aryl methyl sites for hydroxylation is 1. The number of halogens is 1. The molecule has 0 aliphatic carbocycles. The summed E-state index contributed by atoms with van der Waals surface area (Å²) >= 11 is 6.03. The van der Waals surface area contributed by atoms with E-state index in [0.717, 1.165) is 42.5 Å². The van der Waals surface area contributed by atoms with Gasteiger partial charge in [0.15, 0.2) is 0 Å². The topological polar surface area (TPSA) is 87.3 Å². The number of rotatable bonds is 6. The minimum Gasteiger partial charge on any atom is -0.372 e. The zero-order valence-corrected chi connectivity index (χ0v) is 18.3. The lowest BCUT2D eigenvalue weighted by Gasteiger charge is -2.17. The highest BCUT2D eigenvalue weighted by atomic mass is 35.5. The predicted molar refractivity (Wildman–Crippen MR) is 120 cm³/mol. The highest BCUT2D eigenvalue weighted by molar-refractivity contribution is 6.31. The monoisotopic (exact) mass is 440 g/mol. The fourth-order valence-electron chi connectivity index (χ4n) is 3.87. The van der Waals surface area contributed by atoms with Crippen LogP contribution in [0, 0.1) is 6.92 Å². The van der Waals surface area contributed by atoms with Crippen LogP contribution in [-0.2, 0) is 4.74 Å². The zero-order chi connectivity index (χ0) is 22.0. The van der Waals surface area contributed by atoms with Crippen LogP contribution in [0.15, 0.2) is 36.4 Å². The van der Waals surface area contributed by atoms with Crippen molar-refractivity contribution >= 4 is 34.4 Å². The second-order valence-electron chi connectivity index (χ2n) is 7.75. The van der Waals surface area contributed by atoms with Gasteiger partial charge in [0.2, 0.25) is 0 Å². The number of H-pyrrole nitrogens is 1. The Morgan fingerprint density at radius 2 is 2.00 bits per heavy atom. The number of hydrogen-bond acceptors (Lipinski definition) is 4. The summed E-state index contributed by atoms with van der Waals surface area (Å²) in [6.07, 6.45) is 1.65. The van der Waals surface area contributed by atoms with Crippen LogP contribution in [0.1, 0.15) is 51.0 Å². The van der Waals surface area contributed by atoms with Crippen molar-refractivity contribution in [3.8, 4) is 0 Å². The molecule has 1 aliphatic rings. The fourth-order valence-corrected chi connectivity index (χ4v) is 4.04. The van der Waals surface area contributed by atoms with Gasteiger partial charge in [-0.05, 0) is 61.7 Å². The molecular formula is C23H25ClN4O3. The number of methoxy groups -OCH3 is 1. The Bertz CT molecular complexity index is 1120. The summed E-state index contributed by atoms with van der Waals surface area (Å²) in [4.78, 5) is 34.9. The first kappa shape index (κ1) is 21.3. The number of aromatic nitrogens is 2. The van der Waals surface area contributed by atoms with Gasteiger partial charge in [0, 0.05) is 36.3 Å². The Balaban J connectivity index is 1.43. The number of ether oxygens (including phenoxy) is 1. The molecule has 8 heteroatoms. The number of imidazole rings is 1. The van der Waals surface area contributed by atoms with Gasteiger partial charge in [-0.2, -0.15) is 0 Å². The molecule has 2 heterocycles. The number of amides is 2. The van der Waals surface area contributed by atoms with Crippen molar-refractivity contribution in [2.75, 3.05) is 26.7 Å². The summed E-state index contributed by atoms with van der Waals surface area (Å²) in [7, 11) is 1.57. The first-order valence-electron chi connectivity index (χ1n) is 10.3. The summed E-state index contributed by atoms with van der Waals surface area (Å²) < 4.78 is 5.52. The molecule has 0 saturated carbocycles. The van der Waals surface area contributed by atoms with E-state index in [2.05, 4.69) is 15.3 Å². The zero-order valence-electron chi connectivity index (χ0n) is 17.6. The second-order valence-corrected chi connectivity index (χ2v) is 8.18. The minimum absolute atomic E-state index is 0.0337. The SMILES string of the molecule is COC(CNC(=O)c1ccc(C(=O)N2CCCC2)c(C)c1)c1nc2ccc(Cl)cc2[nH]1. The molecule has 162 valence electrons. The molecule has 3 aromatic rings. The quantitative estimate of drug-likeness (QED) is 0.609. The number of aromatic amines is 1. The van der Waals surface area contributed by atoms with E-state index in [-0.39, 0.29) is 18.4 Å². The molecule has 7 nitrogen and oxygen atoms in total. The first-order chi connectivity index (χ1) is 15.0. The van der Waals surface area contributed by atoms with Crippen LogP contribution in [0.3, 0.4) is 0 Å². The Morgan fingerprint density at radius 1 is 1.23 bits per heavy atom. The average Bonchev–Trinajstić information content (AvgIpc) is 3.43. The van der Waals surface area contributed by atoms with Gasteiger partial charge in [-0.3, -0.25) is 9.59 Å². The first-order valence-corrected chi connectivity index (χ1v) is 10.7. The van der Waals surface area contributed by atoms with Gasteiger partial charge in [0.05, 0.1) is 17.6 Å². The highest BCUT2D eigenvalue weighted by Crippen LogP contribution is 2.22. The van der Waals surface area contributed by atoms with Crippen molar-refractivity contribution < 1.29 is 14.3 Å². The van der Waals surface area contributed by atoms with Crippen molar-refractivity contribution in [3.05, 3.63) is 63.9 Å². The van der Waals surface area contributed by atoms with Crippen LogP contribution in [0.4, 0.5) is 0 Å². The van der Waals surface area contributed by atoms with E-state index in [9.17, 15) is 9.59 Å². The summed E-state index contributed by atoms with van der Waals surface area (Å²) in [5.41, 5.74) is 3.53. The largest absolute Gasteiger partial charge is 0.372 e. The summed E-state index contributed by atoms with van der Waals surface area (Å²) in [6.45, 7) is 3.70. The maximum absolute atomic E-state index is 12.7. The maximum Gasteiger partial charge on any atom is 0.254 e. The number of nitrogens with zero attached hydrogens (tertiary/aromatic N) is 2. The third-order valence-electron chi connectivity index (χ3n) is 5.61. The summed E-state index contributed by atoms with van der Waals surface area (Å²) in [5, 5.41) is 3.51. The molecule has 1 unspecified atom stereocenters. The second kappa shape index (κ2) is 9.08. The predicted octanol–water partition coefficient (Wildman–Crippen LogP) is 3.88. The Labute approximate surface area is 185 Å². The lowest BCUT2D eigenvalue weighted by Crippen LogP contribution is -2.30. The van der Waals surface area contributed by atoms with E-state index in [1.165, 1.54) is 0 Å². The van der Waals surface area contributed by atoms with Gasteiger partial charge in [-0.25, -0.2) is 4.98 Å². The van der Waals surface area contributed by atoms with E-state index < -0.39 is 6.10 Å². The molecule has 2 aromatic carbocycles. The molecule has 0 radical (unpaired) electrons. The van der Waals surface area contributed by atoms with Gasteiger partial charge < -0.3 is 19.9 Å². The Kier molecular flexibility index (Phi) is 6.25. The molecule has 2 N–H and O–H groups in total. The van der Waals surface area contributed by atoms with Crippen LogP contribution in [0.2, 0.25) is 5.02 Å². The normalized spacial score (nSPS) is 14.7. The molecule has 0 bridgehead atoms. The van der Waals surface area contributed by atoms with E-state index in [1.807, 2.05) is 17.9 Å². The van der Waals surface area contributed by atoms with E-state index in [4.69, 9.17) is 16.3 Å². The van der Waals surface area contributed by atoms with Crippen molar-refractivity contribution in [1.29, 1.82) is 0 Å². The van der Waals surface area contributed by atoms with Crippen molar-refractivity contribution in [1.82, 2.24) is 20.2 Å². The maximum atomic E-state index is 12.7. The number of fused-ring (bicyclic) bond motifs is 1. The van der Waals surface area contributed by atoms with Crippen LogP contribution in [0.5, 0.6) is 0 Å². The number of nitrogens with one attached hydrogen (secondary N) is 2. The molecule has 2 amide bonds. The number of likely N-dealkylation sites (tertiary alicyclic amines) is 1. The van der Waals surface area contributed by atoms with Gasteiger partial charge in [-0.15, -0.1) is 0 Å². The number of hydrogen-bond donors (Lipinski definition) is 2. The molecule has 1 aliphatic heterocycles. The number of carbonyl (C=O) groups is 2. The van der Waals surface area contributed by atoms with Crippen LogP contribution >= 0.6 is 11.6 Å². The third kappa shape index (κ3) is 4.57. The lowest BCUT2D eigenvalue weighted by atomic mass is 10.0. The van der Waals surface area contributed by atoms with Crippen LogP contribution in [-0.4, -0.2) is 53.4 Å². The van der Waals surface area contributed by atoms with E-state index in [1.54, 1.807) is 37.4 Å². The van der Waals surface area contributed by atoms with Crippen molar-refractivity contribution in [3.63, 3.8) is 0 Å². The molecule has 1 saturated heterocycles. The van der Waals surface area contributed by atoms with Gasteiger partial charge in [0.1, 0.15) is 11.9 Å². The van der Waals surface area contributed by atoms with E-state index >= 15 is 0 Å². The molecule has 0 spiro atoms. The Morgan fingerprint density at radius 3 is 2.71 bits per heavy atom.